The van der Waals surface area contributed by atoms with E-state index in [1.54, 1.807) is 7.11 Å². The van der Waals surface area contributed by atoms with E-state index in [0.29, 0.717) is 0 Å². The van der Waals surface area contributed by atoms with E-state index in [2.05, 4.69) is 59.4 Å². The smallest absolute Gasteiger partial charge is 0.119 e. The molecule has 0 fully saturated rings. The Morgan fingerprint density at radius 2 is 1.70 bits per heavy atom. The van der Waals surface area contributed by atoms with Crippen LogP contribution in [0, 0.1) is 13.8 Å². The first-order valence-corrected chi connectivity index (χ1v) is 7.44. The highest BCUT2D eigenvalue weighted by atomic mass is 79.9. The summed E-state index contributed by atoms with van der Waals surface area (Å²) in [4.78, 5) is 0. The van der Waals surface area contributed by atoms with E-state index in [1.807, 2.05) is 19.2 Å². The Morgan fingerprint density at radius 1 is 1.05 bits per heavy atom. The highest BCUT2D eigenvalue weighted by Crippen LogP contribution is 2.30. The zero-order chi connectivity index (χ0) is 14.7. The molecule has 0 bridgehead atoms. The van der Waals surface area contributed by atoms with E-state index < -0.39 is 0 Å². The van der Waals surface area contributed by atoms with Crippen molar-refractivity contribution in [3.8, 4) is 5.75 Å². The molecule has 0 aromatic heterocycles. The van der Waals surface area contributed by atoms with Crippen molar-refractivity contribution in [1.82, 2.24) is 5.32 Å². The molecule has 0 heterocycles. The molecule has 0 saturated heterocycles. The Kier molecular flexibility index (Phi) is 4.84. The van der Waals surface area contributed by atoms with Gasteiger partial charge in [0.05, 0.1) is 13.2 Å². The molecule has 1 atom stereocenters. The van der Waals surface area contributed by atoms with Crippen molar-refractivity contribution in [3.05, 3.63) is 63.1 Å². The Hall–Kier alpha value is -1.32. The van der Waals surface area contributed by atoms with Crippen LogP contribution < -0.4 is 10.1 Å². The number of rotatable bonds is 4. The average molecular weight is 334 g/mol. The van der Waals surface area contributed by atoms with Crippen LogP contribution in [0.25, 0.3) is 0 Å². The second-order valence-electron chi connectivity index (χ2n) is 4.97. The molecule has 2 nitrogen and oxygen atoms in total. The molecule has 2 rings (SSSR count). The summed E-state index contributed by atoms with van der Waals surface area (Å²) >= 11 is 3.62. The summed E-state index contributed by atoms with van der Waals surface area (Å²) in [6, 6.07) is 12.8. The quantitative estimate of drug-likeness (QED) is 0.896. The minimum Gasteiger partial charge on any atom is -0.497 e. The van der Waals surface area contributed by atoms with Crippen LogP contribution in [0.5, 0.6) is 5.75 Å². The summed E-state index contributed by atoms with van der Waals surface area (Å²) in [7, 11) is 3.68. The van der Waals surface area contributed by atoms with Gasteiger partial charge >= 0.3 is 0 Å². The monoisotopic (exact) mass is 333 g/mol. The van der Waals surface area contributed by atoms with Crippen molar-refractivity contribution < 1.29 is 4.74 Å². The van der Waals surface area contributed by atoms with Gasteiger partial charge in [-0.25, -0.2) is 0 Å². The minimum atomic E-state index is 0.163. The van der Waals surface area contributed by atoms with E-state index in [-0.39, 0.29) is 6.04 Å². The van der Waals surface area contributed by atoms with Gasteiger partial charge in [0.1, 0.15) is 5.75 Å². The number of halogens is 1. The predicted molar refractivity (Wildman–Crippen MR) is 87.5 cm³/mol. The third-order valence-electron chi connectivity index (χ3n) is 3.51. The van der Waals surface area contributed by atoms with Crippen LogP contribution in [0.4, 0.5) is 0 Å². The molecule has 1 N–H and O–H groups in total. The minimum absolute atomic E-state index is 0.163. The molecule has 0 saturated carbocycles. The molecule has 3 heteroatoms. The number of methoxy groups -OCH3 is 1. The Morgan fingerprint density at radius 3 is 2.25 bits per heavy atom. The van der Waals surface area contributed by atoms with E-state index in [1.165, 1.54) is 26.7 Å². The molecule has 2 aromatic carbocycles. The summed E-state index contributed by atoms with van der Waals surface area (Å²) < 4.78 is 6.50. The van der Waals surface area contributed by atoms with Crippen LogP contribution in [0.2, 0.25) is 0 Å². The number of hydrogen-bond acceptors (Lipinski definition) is 2. The van der Waals surface area contributed by atoms with Crippen LogP contribution in [-0.4, -0.2) is 14.2 Å². The average Bonchev–Trinajstić information content (AvgIpc) is 2.45. The van der Waals surface area contributed by atoms with E-state index in [9.17, 15) is 0 Å². The molecular formula is C17H20BrNO. The highest BCUT2D eigenvalue weighted by molar-refractivity contribution is 9.10. The lowest BCUT2D eigenvalue weighted by Gasteiger charge is -2.20. The first-order valence-electron chi connectivity index (χ1n) is 6.64. The van der Waals surface area contributed by atoms with E-state index in [4.69, 9.17) is 4.74 Å². The van der Waals surface area contributed by atoms with Crippen LogP contribution in [-0.2, 0) is 0 Å². The SMILES string of the molecule is CNC(c1cccc(OC)c1)c1cc(C)c(Br)c(C)c1. The standard InChI is InChI=1S/C17H20BrNO/c1-11-8-14(9-12(2)16(11)18)17(19-3)13-6-5-7-15(10-13)20-4/h5-10,17,19H,1-4H3. The molecular weight excluding hydrogens is 314 g/mol. The van der Waals surface area contributed by atoms with Crippen molar-refractivity contribution in [2.24, 2.45) is 0 Å². The molecule has 1 unspecified atom stereocenters. The van der Waals surface area contributed by atoms with Crippen molar-refractivity contribution in [3.63, 3.8) is 0 Å². The fourth-order valence-corrected chi connectivity index (χ4v) is 2.72. The zero-order valence-corrected chi connectivity index (χ0v) is 13.9. The van der Waals surface area contributed by atoms with Crippen molar-refractivity contribution in [2.45, 2.75) is 19.9 Å². The summed E-state index contributed by atoms with van der Waals surface area (Å²) in [5.41, 5.74) is 4.97. The lowest BCUT2D eigenvalue weighted by molar-refractivity contribution is 0.414. The van der Waals surface area contributed by atoms with Gasteiger partial charge in [-0.2, -0.15) is 0 Å². The number of aryl methyl sites for hydroxylation is 2. The first-order chi connectivity index (χ1) is 9.56. The second kappa shape index (κ2) is 6.42. The highest BCUT2D eigenvalue weighted by Gasteiger charge is 2.14. The van der Waals surface area contributed by atoms with E-state index >= 15 is 0 Å². The van der Waals surface area contributed by atoms with Crippen molar-refractivity contribution >= 4 is 15.9 Å². The van der Waals surface area contributed by atoms with Crippen LogP contribution in [0.1, 0.15) is 28.3 Å². The lowest BCUT2D eigenvalue weighted by Crippen LogP contribution is -2.18. The molecule has 20 heavy (non-hydrogen) atoms. The largest absolute Gasteiger partial charge is 0.497 e. The molecule has 106 valence electrons. The molecule has 0 aliphatic carbocycles. The maximum Gasteiger partial charge on any atom is 0.119 e. The van der Waals surface area contributed by atoms with Gasteiger partial charge in [-0.3, -0.25) is 0 Å². The molecule has 0 spiro atoms. The first kappa shape index (κ1) is 15.1. The normalized spacial score (nSPS) is 12.2. The number of nitrogens with one attached hydrogen (secondary N) is 1. The zero-order valence-electron chi connectivity index (χ0n) is 12.3. The number of hydrogen-bond donors (Lipinski definition) is 1. The van der Waals surface area contributed by atoms with Gasteiger partial charge in [-0.05, 0) is 55.3 Å². The molecule has 2 aromatic rings. The van der Waals surface area contributed by atoms with Crippen molar-refractivity contribution in [1.29, 1.82) is 0 Å². The van der Waals surface area contributed by atoms with Gasteiger partial charge in [0.25, 0.3) is 0 Å². The predicted octanol–water partition coefficient (Wildman–Crippen LogP) is 4.38. The Balaban J connectivity index is 2.46. The van der Waals surface area contributed by atoms with Gasteiger partial charge in [0.2, 0.25) is 0 Å². The van der Waals surface area contributed by atoms with Crippen LogP contribution in [0.3, 0.4) is 0 Å². The van der Waals surface area contributed by atoms with Gasteiger partial charge in [-0.1, -0.05) is 40.2 Å². The molecule has 0 aliphatic rings. The van der Waals surface area contributed by atoms with E-state index in [0.717, 1.165) is 5.75 Å². The van der Waals surface area contributed by atoms with Gasteiger partial charge in [0, 0.05) is 4.47 Å². The summed E-state index contributed by atoms with van der Waals surface area (Å²) in [5, 5.41) is 3.39. The van der Waals surface area contributed by atoms with Gasteiger partial charge in [0.15, 0.2) is 0 Å². The second-order valence-corrected chi connectivity index (χ2v) is 5.76. The van der Waals surface area contributed by atoms with Crippen LogP contribution >= 0.6 is 15.9 Å². The summed E-state index contributed by atoms with van der Waals surface area (Å²) in [6.45, 7) is 4.25. The van der Waals surface area contributed by atoms with Crippen LogP contribution in [0.15, 0.2) is 40.9 Å². The Bertz CT molecular complexity index is 587. The van der Waals surface area contributed by atoms with Gasteiger partial charge in [-0.15, -0.1) is 0 Å². The summed E-state index contributed by atoms with van der Waals surface area (Å²) in [5.74, 6) is 0.883. The maximum absolute atomic E-state index is 5.32. The number of ether oxygens (including phenoxy) is 1. The fraction of sp³-hybridized carbons (Fsp3) is 0.294. The van der Waals surface area contributed by atoms with Crippen molar-refractivity contribution in [2.75, 3.05) is 14.2 Å². The third kappa shape index (κ3) is 3.05. The maximum atomic E-state index is 5.32. The molecule has 0 radical (unpaired) electrons. The number of benzene rings is 2. The third-order valence-corrected chi connectivity index (χ3v) is 4.76. The summed E-state index contributed by atoms with van der Waals surface area (Å²) in [6.07, 6.45) is 0. The lowest BCUT2D eigenvalue weighted by atomic mass is 9.95. The van der Waals surface area contributed by atoms with Gasteiger partial charge < -0.3 is 10.1 Å². The Labute approximate surface area is 129 Å². The molecule has 0 aliphatic heterocycles. The molecule has 0 amide bonds. The fourth-order valence-electron chi connectivity index (χ4n) is 2.49. The topological polar surface area (TPSA) is 21.3 Å².